The predicted molar refractivity (Wildman–Crippen MR) is 73.0 cm³/mol. The Labute approximate surface area is 105 Å². The van der Waals surface area contributed by atoms with E-state index < -0.39 is 0 Å². The Morgan fingerprint density at radius 1 is 1.41 bits per heavy atom. The summed E-state index contributed by atoms with van der Waals surface area (Å²) in [5, 5.41) is 9.03. The minimum atomic E-state index is 0.623. The summed E-state index contributed by atoms with van der Waals surface area (Å²) < 4.78 is 0. The van der Waals surface area contributed by atoms with Crippen LogP contribution >= 0.6 is 11.3 Å². The van der Waals surface area contributed by atoms with Crippen LogP contribution in [0.5, 0.6) is 0 Å². The van der Waals surface area contributed by atoms with Gasteiger partial charge in [-0.3, -0.25) is 0 Å². The molecule has 0 spiro atoms. The largest absolute Gasteiger partial charge is 0.397 e. The van der Waals surface area contributed by atoms with Crippen LogP contribution in [0.3, 0.4) is 0 Å². The maximum absolute atomic E-state index is 9.03. The van der Waals surface area contributed by atoms with E-state index in [-0.39, 0.29) is 0 Å². The summed E-state index contributed by atoms with van der Waals surface area (Å²) in [6, 6.07) is 10.5. The van der Waals surface area contributed by atoms with Crippen LogP contribution < -0.4 is 5.73 Å². The van der Waals surface area contributed by atoms with Crippen LogP contribution in [0.1, 0.15) is 22.9 Å². The third-order valence-electron chi connectivity index (χ3n) is 2.78. The molecule has 1 aromatic heterocycles. The van der Waals surface area contributed by atoms with Crippen LogP contribution in [0.15, 0.2) is 24.3 Å². The highest BCUT2D eigenvalue weighted by Crippen LogP contribution is 2.38. The molecule has 0 aliphatic rings. The molecule has 17 heavy (non-hydrogen) atoms. The molecule has 0 unspecified atom stereocenters. The topological polar surface area (TPSA) is 49.8 Å². The highest BCUT2D eigenvalue weighted by atomic mass is 32.1. The van der Waals surface area contributed by atoms with Gasteiger partial charge in [0.25, 0.3) is 0 Å². The summed E-state index contributed by atoms with van der Waals surface area (Å²) in [4.78, 5) is 1.75. The van der Waals surface area contributed by atoms with Crippen molar-refractivity contribution in [3.05, 3.63) is 40.3 Å². The number of rotatable bonds is 2. The molecule has 0 saturated heterocycles. The van der Waals surface area contributed by atoms with Gasteiger partial charge >= 0.3 is 0 Å². The lowest BCUT2D eigenvalue weighted by molar-refractivity contribution is 1.16. The fourth-order valence-corrected chi connectivity index (χ4v) is 3.04. The quantitative estimate of drug-likeness (QED) is 0.872. The minimum Gasteiger partial charge on any atom is -0.397 e. The lowest BCUT2D eigenvalue weighted by Crippen LogP contribution is -1.91. The minimum absolute atomic E-state index is 0.623. The van der Waals surface area contributed by atoms with E-state index in [4.69, 9.17) is 11.0 Å². The van der Waals surface area contributed by atoms with Crippen molar-refractivity contribution >= 4 is 17.0 Å². The third kappa shape index (κ3) is 2.04. The molecule has 2 aromatic rings. The van der Waals surface area contributed by atoms with Gasteiger partial charge in [-0.25, -0.2) is 0 Å². The lowest BCUT2D eigenvalue weighted by atomic mass is 10.0. The Bertz CT molecular complexity index is 591. The van der Waals surface area contributed by atoms with Crippen molar-refractivity contribution in [3.63, 3.8) is 0 Å². The van der Waals surface area contributed by atoms with E-state index in [2.05, 4.69) is 38.1 Å². The van der Waals surface area contributed by atoms with E-state index in [1.165, 1.54) is 16.9 Å². The first-order valence-corrected chi connectivity index (χ1v) is 6.37. The van der Waals surface area contributed by atoms with Crippen LogP contribution in [0.4, 0.5) is 5.69 Å². The van der Waals surface area contributed by atoms with E-state index >= 15 is 0 Å². The van der Waals surface area contributed by atoms with Gasteiger partial charge in [-0.15, -0.1) is 11.3 Å². The number of nitrogens with two attached hydrogens (primary N) is 1. The maximum atomic E-state index is 9.03. The standard InChI is InChI=1S/C14H14N2S/c1-3-11-13(16)12(8-15)17-14(11)10-6-4-5-9(2)7-10/h4-7H,3,16H2,1-2H3. The molecule has 86 valence electrons. The van der Waals surface area contributed by atoms with Crippen molar-refractivity contribution < 1.29 is 0 Å². The van der Waals surface area contributed by atoms with E-state index in [0.717, 1.165) is 22.4 Å². The Morgan fingerprint density at radius 2 is 2.18 bits per heavy atom. The second kappa shape index (κ2) is 4.60. The molecule has 0 amide bonds. The van der Waals surface area contributed by atoms with Gasteiger partial charge in [0, 0.05) is 4.88 Å². The molecule has 0 fully saturated rings. The Balaban J connectivity index is 2.64. The molecular formula is C14H14N2S. The average Bonchev–Trinajstić information content (AvgIpc) is 2.65. The van der Waals surface area contributed by atoms with Crippen molar-refractivity contribution in [1.29, 1.82) is 5.26 Å². The van der Waals surface area contributed by atoms with Crippen molar-refractivity contribution in [2.45, 2.75) is 20.3 Å². The van der Waals surface area contributed by atoms with Gasteiger partial charge in [0.1, 0.15) is 10.9 Å². The summed E-state index contributed by atoms with van der Waals surface area (Å²) in [5.41, 5.74) is 10.1. The summed E-state index contributed by atoms with van der Waals surface area (Å²) in [6.45, 7) is 4.14. The average molecular weight is 242 g/mol. The van der Waals surface area contributed by atoms with Gasteiger partial charge in [-0.2, -0.15) is 5.26 Å². The van der Waals surface area contributed by atoms with Crippen LogP contribution in [0.25, 0.3) is 10.4 Å². The van der Waals surface area contributed by atoms with Gasteiger partial charge in [0.05, 0.1) is 5.69 Å². The first kappa shape index (κ1) is 11.7. The van der Waals surface area contributed by atoms with E-state index in [1.54, 1.807) is 0 Å². The van der Waals surface area contributed by atoms with Crippen molar-refractivity contribution in [1.82, 2.24) is 0 Å². The lowest BCUT2D eigenvalue weighted by Gasteiger charge is -2.03. The molecule has 1 heterocycles. The number of benzene rings is 1. The number of nitriles is 1. The molecule has 2 nitrogen and oxygen atoms in total. The van der Waals surface area contributed by atoms with Crippen LogP contribution in [0, 0.1) is 18.3 Å². The number of hydrogen-bond acceptors (Lipinski definition) is 3. The third-order valence-corrected chi connectivity index (χ3v) is 3.98. The van der Waals surface area contributed by atoms with Crippen LogP contribution in [-0.2, 0) is 6.42 Å². The molecule has 2 rings (SSSR count). The molecular weight excluding hydrogens is 228 g/mol. The number of nitrogens with zero attached hydrogens (tertiary/aromatic N) is 1. The smallest absolute Gasteiger partial charge is 0.128 e. The zero-order chi connectivity index (χ0) is 12.4. The zero-order valence-electron chi connectivity index (χ0n) is 9.95. The zero-order valence-corrected chi connectivity index (χ0v) is 10.8. The van der Waals surface area contributed by atoms with Gasteiger partial charge in [0.2, 0.25) is 0 Å². The Morgan fingerprint density at radius 3 is 2.76 bits per heavy atom. The summed E-state index contributed by atoms with van der Waals surface area (Å²) in [6.07, 6.45) is 0.854. The number of aryl methyl sites for hydroxylation is 1. The number of hydrogen-bond donors (Lipinski definition) is 1. The maximum Gasteiger partial charge on any atom is 0.128 e. The molecule has 0 radical (unpaired) electrons. The predicted octanol–water partition coefficient (Wildman–Crippen LogP) is 3.74. The van der Waals surface area contributed by atoms with Gasteiger partial charge in [-0.1, -0.05) is 36.8 Å². The molecule has 0 aliphatic heterocycles. The Hall–Kier alpha value is -1.79. The molecule has 1 aromatic carbocycles. The number of anilines is 1. The van der Waals surface area contributed by atoms with E-state index in [9.17, 15) is 0 Å². The molecule has 0 bridgehead atoms. The van der Waals surface area contributed by atoms with Crippen molar-refractivity contribution in [2.24, 2.45) is 0 Å². The monoisotopic (exact) mass is 242 g/mol. The highest BCUT2D eigenvalue weighted by molar-refractivity contribution is 7.16. The fourth-order valence-electron chi connectivity index (χ4n) is 1.93. The normalized spacial score (nSPS) is 10.2. The van der Waals surface area contributed by atoms with Crippen LogP contribution in [0.2, 0.25) is 0 Å². The van der Waals surface area contributed by atoms with Gasteiger partial charge < -0.3 is 5.73 Å². The molecule has 0 saturated carbocycles. The SMILES string of the molecule is CCc1c(-c2cccc(C)c2)sc(C#N)c1N. The van der Waals surface area contributed by atoms with Crippen molar-refractivity contribution in [3.8, 4) is 16.5 Å². The van der Waals surface area contributed by atoms with Gasteiger partial charge in [0.15, 0.2) is 0 Å². The second-order valence-corrected chi connectivity index (χ2v) is 5.01. The molecule has 3 heteroatoms. The highest BCUT2D eigenvalue weighted by Gasteiger charge is 2.15. The summed E-state index contributed by atoms with van der Waals surface area (Å²) in [5.74, 6) is 0. The van der Waals surface area contributed by atoms with E-state index in [0.29, 0.717) is 10.6 Å². The van der Waals surface area contributed by atoms with Crippen LogP contribution in [-0.4, -0.2) is 0 Å². The molecule has 0 aliphatic carbocycles. The number of thiophene rings is 1. The fraction of sp³-hybridized carbons (Fsp3) is 0.214. The second-order valence-electron chi connectivity index (χ2n) is 3.99. The van der Waals surface area contributed by atoms with Gasteiger partial charge in [-0.05, 0) is 24.5 Å². The molecule has 0 atom stereocenters. The van der Waals surface area contributed by atoms with Crippen molar-refractivity contribution in [2.75, 3.05) is 5.73 Å². The summed E-state index contributed by atoms with van der Waals surface area (Å²) in [7, 11) is 0. The Kier molecular flexibility index (Phi) is 3.16. The first-order valence-electron chi connectivity index (χ1n) is 5.55. The summed E-state index contributed by atoms with van der Waals surface area (Å²) >= 11 is 1.49. The number of nitrogen functional groups attached to an aromatic ring is 1. The molecule has 2 N–H and O–H groups in total. The first-order chi connectivity index (χ1) is 8.17. The van der Waals surface area contributed by atoms with E-state index in [1.807, 2.05) is 6.07 Å².